The first-order chi connectivity index (χ1) is 15.9. The average molecular weight is 473 g/mol. The second-order valence-electron chi connectivity index (χ2n) is 7.54. The highest BCUT2D eigenvalue weighted by molar-refractivity contribution is 7.91. The molecule has 1 aliphatic rings. The maximum atomic E-state index is 14.0. The summed E-state index contributed by atoms with van der Waals surface area (Å²) < 4.78 is 49.6. The highest BCUT2D eigenvalue weighted by atomic mass is 32.2. The maximum absolute atomic E-state index is 14.0. The van der Waals surface area contributed by atoms with Gasteiger partial charge in [0, 0.05) is 37.1 Å². The molecule has 1 saturated heterocycles. The van der Waals surface area contributed by atoms with Gasteiger partial charge in [-0.3, -0.25) is 4.90 Å². The standard InChI is InChI=1S/C23H25FN4O4S/c1-31-22-7-2-17(16-20(22)24)21-8-9-25-23(27-21)26-18-3-5-19(6-4-18)33(29,30)15-12-28-10-13-32-14-11-28/h2-9,16H,10-15H2,1H3,(H,25,26,27). The maximum Gasteiger partial charge on any atom is 0.227 e. The fourth-order valence-electron chi connectivity index (χ4n) is 3.47. The van der Waals surface area contributed by atoms with Gasteiger partial charge < -0.3 is 14.8 Å². The fourth-order valence-corrected chi connectivity index (χ4v) is 4.76. The van der Waals surface area contributed by atoms with Crippen LogP contribution in [0.2, 0.25) is 0 Å². The molecule has 0 saturated carbocycles. The van der Waals surface area contributed by atoms with Crippen LogP contribution in [0.15, 0.2) is 59.6 Å². The highest BCUT2D eigenvalue weighted by Crippen LogP contribution is 2.25. The summed E-state index contributed by atoms with van der Waals surface area (Å²) in [6, 6.07) is 12.8. The Bertz CT molecular complexity index is 1200. The fraction of sp³-hybridized carbons (Fsp3) is 0.304. The number of methoxy groups -OCH3 is 1. The molecule has 0 bridgehead atoms. The predicted molar refractivity (Wildman–Crippen MR) is 123 cm³/mol. The van der Waals surface area contributed by atoms with Gasteiger partial charge in [-0.15, -0.1) is 0 Å². The minimum atomic E-state index is -3.39. The van der Waals surface area contributed by atoms with Crippen LogP contribution in [0.25, 0.3) is 11.3 Å². The Labute approximate surface area is 192 Å². The topological polar surface area (TPSA) is 93.6 Å². The smallest absolute Gasteiger partial charge is 0.227 e. The quantitative estimate of drug-likeness (QED) is 0.535. The summed E-state index contributed by atoms with van der Waals surface area (Å²) in [4.78, 5) is 11.0. The van der Waals surface area contributed by atoms with Crippen LogP contribution in [0.3, 0.4) is 0 Å². The number of nitrogens with one attached hydrogen (secondary N) is 1. The highest BCUT2D eigenvalue weighted by Gasteiger charge is 2.18. The van der Waals surface area contributed by atoms with Crippen molar-refractivity contribution in [3.05, 3.63) is 60.5 Å². The van der Waals surface area contributed by atoms with E-state index in [1.165, 1.54) is 19.2 Å². The Morgan fingerprint density at radius 3 is 2.58 bits per heavy atom. The molecule has 2 heterocycles. The van der Waals surface area contributed by atoms with Crippen LogP contribution in [-0.4, -0.2) is 69.0 Å². The lowest BCUT2D eigenvalue weighted by Crippen LogP contribution is -2.39. The van der Waals surface area contributed by atoms with Gasteiger partial charge in [-0.2, -0.15) is 0 Å². The van der Waals surface area contributed by atoms with E-state index < -0.39 is 15.7 Å². The second kappa shape index (κ2) is 10.2. The van der Waals surface area contributed by atoms with Gasteiger partial charge in [-0.1, -0.05) is 0 Å². The van der Waals surface area contributed by atoms with Crippen LogP contribution in [0.5, 0.6) is 5.75 Å². The number of benzene rings is 2. The van der Waals surface area contributed by atoms with E-state index >= 15 is 0 Å². The molecular formula is C23H25FN4O4S. The largest absolute Gasteiger partial charge is 0.494 e. The molecule has 1 aromatic heterocycles. The Morgan fingerprint density at radius 1 is 1.12 bits per heavy atom. The lowest BCUT2D eigenvalue weighted by atomic mass is 10.1. The molecule has 0 amide bonds. The molecule has 4 rings (SSSR count). The Hall–Kier alpha value is -3.08. The van der Waals surface area contributed by atoms with E-state index in [2.05, 4.69) is 20.2 Å². The van der Waals surface area contributed by atoms with E-state index in [1.54, 1.807) is 42.6 Å². The third-order valence-corrected chi connectivity index (χ3v) is 7.06. The van der Waals surface area contributed by atoms with Gasteiger partial charge >= 0.3 is 0 Å². The molecule has 0 atom stereocenters. The van der Waals surface area contributed by atoms with Crippen LogP contribution in [-0.2, 0) is 14.6 Å². The molecule has 1 fully saturated rings. The molecule has 0 unspecified atom stereocenters. The number of ether oxygens (including phenoxy) is 2. The van der Waals surface area contributed by atoms with Gasteiger partial charge in [-0.05, 0) is 48.5 Å². The molecule has 0 spiro atoms. The summed E-state index contributed by atoms with van der Waals surface area (Å²) in [6.45, 7) is 3.26. The van der Waals surface area contributed by atoms with E-state index in [1.807, 2.05) is 0 Å². The normalized spacial score (nSPS) is 14.7. The number of halogens is 1. The van der Waals surface area contributed by atoms with E-state index in [9.17, 15) is 12.8 Å². The third-order valence-electron chi connectivity index (χ3n) is 5.35. The van der Waals surface area contributed by atoms with Gasteiger partial charge in [0.25, 0.3) is 0 Å². The molecule has 8 nitrogen and oxygen atoms in total. The first-order valence-corrected chi connectivity index (χ1v) is 12.2. The minimum Gasteiger partial charge on any atom is -0.494 e. The van der Waals surface area contributed by atoms with Crippen LogP contribution >= 0.6 is 0 Å². The van der Waals surface area contributed by atoms with Crippen molar-refractivity contribution < 1.29 is 22.3 Å². The molecule has 0 radical (unpaired) electrons. The van der Waals surface area contributed by atoms with Crippen molar-refractivity contribution in [2.24, 2.45) is 0 Å². The van der Waals surface area contributed by atoms with Crippen LogP contribution in [0, 0.1) is 5.82 Å². The summed E-state index contributed by atoms with van der Waals surface area (Å²) in [7, 11) is -1.98. The van der Waals surface area contributed by atoms with Crippen LogP contribution in [0.1, 0.15) is 0 Å². The summed E-state index contributed by atoms with van der Waals surface area (Å²) >= 11 is 0. The lowest BCUT2D eigenvalue weighted by molar-refractivity contribution is 0.0408. The molecule has 1 aliphatic heterocycles. The van der Waals surface area contributed by atoms with Crippen molar-refractivity contribution in [1.29, 1.82) is 0 Å². The Kier molecular flexibility index (Phi) is 7.17. The molecular weight excluding hydrogens is 447 g/mol. The third kappa shape index (κ3) is 5.84. The number of sulfone groups is 1. The Morgan fingerprint density at radius 2 is 1.88 bits per heavy atom. The molecule has 0 aliphatic carbocycles. The van der Waals surface area contributed by atoms with E-state index in [0.29, 0.717) is 42.7 Å². The monoisotopic (exact) mass is 472 g/mol. The molecule has 10 heteroatoms. The summed E-state index contributed by atoms with van der Waals surface area (Å²) in [5, 5.41) is 3.06. The minimum absolute atomic E-state index is 0.0589. The van der Waals surface area contributed by atoms with Crippen molar-refractivity contribution in [3.63, 3.8) is 0 Å². The number of hydrogen-bond acceptors (Lipinski definition) is 8. The van der Waals surface area contributed by atoms with Crippen molar-refractivity contribution >= 4 is 21.5 Å². The summed E-state index contributed by atoms with van der Waals surface area (Å²) in [5.74, 6) is 0.0509. The van der Waals surface area contributed by atoms with E-state index in [0.717, 1.165) is 13.1 Å². The van der Waals surface area contributed by atoms with Gasteiger partial charge in [0.15, 0.2) is 21.4 Å². The van der Waals surface area contributed by atoms with Gasteiger partial charge in [0.05, 0.1) is 36.7 Å². The van der Waals surface area contributed by atoms with Crippen LogP contribution < -0.4 is 10.1 Å². The zero-order valence-corrected chi connectivity index (χ0v) is 19.0. The SMILES string of the molecule is COc1ccc(-c2ccnc(Nc3ccc(S(=O)(=O)CCN4CCOCC4)cc3)n2)cc1F. The van der Waals surface area contributed by atoms with Gasteiger partial charge in [0.1, 0.15) is 0 Å². The zero-order chi connectivity index (χ0) is 23.3. The first-order valence-electron chi connectivity index (χ1n) is 10.5. The second-order valence-corrected chi connectivity index (χ2v) is 9.65. The Balaban J connectivity index is 1.42. The zero-order valence-electron chi connectivity index (χ0n) is 18.2. The number of anilines is 2. The molecule has 1 N–H and O–H groups in total. The van der Waals surface area contributed by atoms with Crippen molar-refractivity contribution in [2.45, 2.75) is 4.90 Å². The molecule has 3 aromatic rings. The number of aromatic nitrogens is 2. The summed E-state index contributed by atoms with van der Waals surface area (Å²) in [5.41, 5.74) is 1.76. The molecule has 174 valence electrons. The average Bonchev–Trinajstić information content (AvgIpc) is 2.84. The molecule has 2 aromatic carbocycles. The first kappa shape index (κ1) is 23.1. The van der Waals surface area contributed by atoms with Crippen LogP contribution in [0.4, 0.5) is 16.0 Å². The molecule has 33 heavy (non-hydrogen) atoms. The van der Waals surface area contributed by atoms with Gasteiger partial charge in [0.2, 0.25) is 5.95 Å². The number of nitrogens with zero attached hydrogens (tertiary/aromatic N) is 3. The number of hydrogen-bond donors (Lipinski definition) is 1. The predicted octanol–water partition coefficient (Wildman–Crippen LogP) is 3.14. The van der Waals surface area contributed by atoms with Gasteiger partial charge in [-0.25, -0.2) is 22.8 Å². The van der Waals surface area contributed by atoms with Crippen molar-refractivity contribution in [1.82, 2.24) is 14.9 Å². The van der Waals surface area contributed by atoms with Crippen molar-refractivity contribution in [3.8, 4) is 17.0 Å². The number of rotatable bonds is 8. The lowest BCUT2D eigenvalue weighted by Gasteiger charge is -2.26. The van der Waals surface area contributed by atoms with Crippen molar-refractivity contribution in [2.75, 3.05) is 51.0 Å². The van der Waals surface area contributed by atoms with E-state index in [-0.39, 0.29) is 16.4 Å². The van der Waals surface area contributed by atoms with E-state index in [4.69, 9.17) is 9.47 Å². The number of morpholine rings is 1. The summed E-state index contributed by atoms with van der Waals surface area (Å²) in [6.07, 6.45) is 1.57.